The van der Waals surface area contributed by atoms with E-state index in [-0.39, 0.29) is 12.0 Å². The standard InChI is InChI=1S/C25H28N4O2/c1-28(2)21-12-9-19(10-13-21)17-29(18-22-6-5-15-31-22)25(30)14-11-20-16-26-23-7-3-4-8-24(23)27-20/h3-4,7-14,16,22H,5-6,15,17-18H2,1-2H3/b14-11+. The number of aromatic nitrogens is 2. The van der Waals surface area contributed by atoms with Crippen molar-refractivity contribution in [3.8, 4) is 0 Å². The molecule has 160 valence electrons. The molecule has 1 aliphatic rings. The molecule has 0 bridgehead atoms. The van der Waals surface area contributed by atoms with Gasteiger partial charge in [-0.25, -0.2) is 4.98 Å². The van der Waals surface area contributed by atoms with Crippen LogP contribution in [0.1, 0.15) is 24.1 Å². The maximum atomic E-state index is 13.1. The second-order valence-corrected chi connectivity index (χ2v) is 8.03. The van der Waals surface area contributed by atoms with Crippen molar-refractivity contribution in [2.45, 2.75) is 25.5 Å². The first-order valence-electron chi connectivity index (χ1n) is 10.6. The van der Waals surface area contributed by atoms with E-state index in [1.165, 1.54) is 0 Å². The summed E-state index contributed by atoms with van der Waals surface area (Å²) in [6.45, 7) is 1.90. The van der Waals surface area contributed by atoms with Crippen LogP contribution in [-0.2, 0) is 16.1 Å². The molecule has 1 aliphatic heterocycles. The Balaban J connectivity index is 1.50. The largest absolute Gasteiger partial charge is 0.378 e. The number of ether oxygens (including phenoxy) is 1. The zero-order valence-electron chi connectivity index (χ0n) is 18.1. The van der Waals surface area contributed by atoms with Gasteiger partial charge in [0.05, 0.1) is 29.0 Å². The third-order valence-corrected chi connectivity index (χ3v) is 5.45. The lowest BCUT2D eigenvalue weighted by atomic mass is 10.1. The zero-order chi connectivity index (χ0) is 21.6. The summed E-state index contributed by atoms with van der Waals surface area (Å²) in [4.78, 5) is 26.0. The molecule has 0 radical (unpaired) electrons. The summed E-state index contributed by atoms with van der Waals surface area (Å²) in [6, 6.07) is 16.0. The number of rotatable bonds is 7. The molecule has 6 nitrogen and oxygen atoms in total. The fraction of sp³-hybridized carbons (Fsp3) is 0.320. The summed E-state index contributed by atoms with van der Waals surface area (Å²) < 4.78 is 5.79. The molecule has 0 N–H and O–H groups in total. The van der Waals surface area contributed by atoms with E-state index in [0.29, 0.717) is 18.8 Å². The Bertz CT molecular complexity index is 1060. The van der Waals surface area contributed by atoms with Crippen LogP contribution in [0.25, 0.3) is 17.1 Å². The van der Waals surface area contributed by atoms with Crippen molar-refractivity contribution in [3.05, 3.63) is 72.1 Å². The van der Waals surface area contributed by atoms with Crippen LogP contribution in [0.4, 0.5) is 5.69 Å². The Morgan fingerprint density at radius 1 is 1.13 bits per heavy atom. The van der Waals surface area contributed by atoms with E-state index in [1.807, 2.05) is 43.3 Å². The lowest BCUT2D eigenvalue weighted by Crippen LogP contribution is -2.35. The maximum absolute atomic E-state index is 13.1. The Hall–Kier alpha value is -3.25. The number of hydrogen-bond donors (Lipinski definition) is 0. The highest BCUT2D eigenvalue weighted by molar-refractivity contribution is 5.91. The summed E-state index contributed by atoms with van der Waals surface area (Å²) in [7, 11) is 4.03. The third kappa shape index (κ3) is 5.47. The lowest BCUT2D eigenvalue weighted by Gasteiger charge is -2.25. The Labute approximate surface area is 183 Å². The molecule has 0 aliphatic carbocycles. The minimum atomic E-state index is -0.0536. The highest BCUT2D eigenvalue weighted by Gasteiger charge is 2.21. The van der Waals surface area contributed by atoms with Gasteiger partial charge in [-0.2, -0.15) is 0 Å². The van der Waals surface area contributed by atoms with E-state index in [9.17, 15) is 4.79 Å². The normalized spacial score (nSPS) is 16.1. The number of carbonyl (C=O) groups excluding carboxylic acids is 1. The van der Waals surface area contributed by atoms with Crippen LogP contribution < -0.4 is 4.90 Å². The number of hydrogen-bond acceptors (Lipinski definition) is 5. The van der Waals surface area contributed by atoms with E-state index in [1.54, 1.807) is 18.3 Å². The smallest absolute Gasteiger partial charge is 0.247 e. The van der Waals surface area contributed by atoms with Gasteiger partial charge in [-0.05, 0) is 48.7 Å². The van der Waals surface area contributed by atoms with Gasteiger partial charge in [0.15, 0.2) is 0 Å². The van der Waals surface area contributed by atoms with Crippen molar-refractivity contribution in [1.29, 1.82) is 0 Å². The number of para-hydroxylation sites is 2. The van der Waals surface area contributed by atoms with Gasteiger partial charge in [0.1, 0.15) is 0 Å². The van der Waals surface area contributed by atoms with Gasteiger partial charge in [-0.3, -0.25) is 9.78 Å². The molecule has 1 atom stereocenters. The first-order chi connectivity index (χ1) is 15.1. The molecule has 6 heteroatoms. The Morgan fingerprint density at radius 2 is 1.90 bits per heavy atom. The molecule has 3 aromatic rings. The summed E-state index contributed by atoms with van der Waals surface area (Å²) in [5.74, 6) is -0.0536. The average Bonchev–Trinajstić information content (AvgIpc) is 3.30. The summed E-state index contributed by atoms with van der Waals surface area (Å²) in [5, 5.41) is 0. The van der Waals surface area contributed by atoms with E-state index >= 15 is 0 Å². The van der Waals surface area contributed by atoms with Crippen molar-refractivity contribution in [3.63, 3.8) is 0 Å². The molecule has 1 fully saturated rings. The molecular weight excluding hydrogens is 388 g/mol. The molecule has 31 heavy (non-hydrogen) atoms. The van der Waals surface area contributed by atoms with Crippen LogP contribution in [0.2, 0.25) is 0 Å². The molecule has 2 aromatic carbocycles. The first-order valence-corrected chi connectivity index (χ1v) is 10.6. The van der Waals surface area contributed by atoms with Crippen molar-refractivity contribution >= 4 is 28.7 Å². The molecule has 4 rings (SSSR count). The van der Waals surface area contributed by atoms with Gasteiger partial charge in [-0.15, -0.1) is 0 Å². The predicted octanol–water partition coefficient (Wildman–Crippen LogP) is 3.92. The molecule has 1 amide bonds. The third-order valence-electron chi connectivity index (χ3n) is 5.45. The Morgan fingerprint density at radius 3 is 2.61 bits per heavy atom. The molecule has 2 heterocycles. The van der Waals surface area contributed by atoms with Crippen LogP contribution in [0, 0.1) is 0 Å². The lowest BCUT2D eigenvalue weighted by molar-refractivity contribution is -0.128. The van der Waals surface area contributed by atoms with Crippen molar-refractivity contribution in [1.82, 2.24) is 14.9 Å². The molecule has 0 saturated carbocycles. The predicted molar refractivity (Wildman–Crippen MR) is 124 cm³/mol. The number of carbonyl (C=O) groups is 1. The van der Waals surface area contributed by atoms with Gasteiger partial charge in [0.2, 0.25) is 5.91 Å². The second kappa shape index (κ2) is 9.71. The highest BCUT2D eigenvalue weighted by Crippen LogP contribution is 2.18. The monoisotopic (exact) mass is 416 g/mol. The topological polar surface area (TPSA) is 58.6 Å². The molecular formula is C25H28N4O2. The second-order valence-electron chi connectivity index (χ2n) is 8.03. The number of anilines is 1. The quantitative estimate of drug-likeness (QED) is 0.547. The first kappa shape index (κ1) is 21.0. The van der Waals surface area contributed by atoms with Gasteiger partial charge >= 0.3 is 0 Å². The number of amides is 1. The van der Waals surface area contributed by atoms with Crippen molar-refractivity contribution < 1.29 is 9.53 Å². The van der Waals surface area contributed by atoms with E-state index in [0.717, 1.165) is 41.7 Å². The van der Waals surface area contributed by atoms with E-state index in [2.05, 4.69) is 39.1 Å². The number of fused-ring (bicyclic) bond motifs is 1. The maximum Gasteiger partial charge on any atom is 0.247 e. The Kier molecular flexibility index (Phi) is 6.57. The van der Waals surface area contributed by atoms with Crippen LogP contribution >= 0.6 is 0 Å². The highest BCUT2D eigenvalue weighted by atomic mass is 16.5. The van der Waals surface area contributed by atoms with Crippen molar-refractivity contribution in [2.75, 3.05) is 32.1 Å². The number of nitrogens with zero attached hydrogens (tertiary/aromatic N) is 4. The summed E-state index contributed by atoms with van der Waals surface area (Å²) >= 11 is 0. The van der Waals surface area contributed by atoms with Crippen LogP contribution in [0.3, 0.4) is 0 Å². The van der Waals surface area contributed by atoms with Gasteiger partial charge in [0.25, 0.3) is 0 Å². The zero-order valence-corrected chi connectivity index (χ0v) is 18.1. The van der Waals surface area contributed by atoms with Gasteiger partial charge in [-0.1, -0.05) is 24.3 Å². The molecule has 1 aromatic heterocycles. The summed E-state index contributed by atoms with van der Waals surface area (Å²) in [6.07, 6.45) is 7.15. The van der Waals surface area contributed by atoms with Crippen LogP contribution in [0.5, 0.6) is 0 Å². The fourth-order valence-corrected chi connectivity index (χ4v) is 3.70. The summed E-state index contributed by atoms with van der Waals surface area (Å²) in [5.41, 5.74) is 4.55. The van der Waals surface area contributed by atoms with Gasteiger partial charge < -0.3 is 14.5 Å². The SMILES string of the molecule is CN(C)c1ccc(CN(CC2CCCO2)C(=O)/C=C/c2cnc3ccccc3n2)cc1. The van der Waals surface area contributed by atoms with Gasteiger partial charge in [0, 0.05) is 45.6 Å². The average molecular weight is 417 g/mol. The van der Waals surface area contributed by atoms with Crippen LogP contribution in [0.15, 0.2) is 60.8 Å². The molecule has 1 unspecified atom stereocenters. The molecule has 1 saturated heterocycles. The van der Waals surface area contributed by atoms with Crippen molar-refractivity contribution in [2.24, 2.45) is 0 Å². The van der Waals surface area contributed by atoms with Crippen LogP contribution in [-0.4, -0.2) is 54.1 Å². The van der Waals surface area contributed by atoms with E-state index in [4.69, 9.17) is 4.74 Å². The fourth-order valence-electron chi connectivity index (χ4n) is 3.70. The van der Waals surface area contributed by atoms with E-state index < -0.39 is 0 Å². The minimum Gasteiger partial charge on any atom is -0.378 e. The minimum absolute atomic E-state index is 0.0536. The number of benzene rings is 2. The molecule has 0 spiro atoms.